The molecule has 0 aromatic heterocycles. The van der Waals surface area contributed by atoms with Crippen LogP contribution in [-0.4, -0.2) is 18.9 Å². The van der Waals surface area contributed by atoms with Gasteiger partial charge in [-0.05, 0) is 37.0 Å². The molecule has 0 saturated heterocycles. The third-order valence-corrected chi connectivity index (χ3v) is 4.80. The van der Waals surface area contributed by atoms with E-state index in [1.807, 2.05) is 0 Å². The number of methoxy groups -OCH3 is 1. The predicted molar refractivity (Wildman–Crippen MR) is 52.9 cm³/mol. The van der Waals surface area contributed by atoms with Crippen molar-refractivity contribution in [1.82, 2.24) is 0 Å². The Kier molecular flexibility index (Phi) is 1.91. The Hall–Kier alpha value is -0.860. The first-order valence-corrected chi connectivity index (χ1v) is 5.83. The van der Waals surface area contributed by atoms with Crippen LogP contribution in [0.5, 0.6) is 0 Å². The molecular weight excluding hydrogens is 192 g/mol. The normalized spacial score (nSPS) is 47.0. The number of Topliss-reactive ketones (excluding diaryl/α,β-unsaturated/α-hetero) is 1. The lowest BCUT2D eigenvalue weighted by Crippen LogP contribution is -2.49. The average Bonchev–Trinajstić information content (AvgIpc) is 2.54. The van der Waals surface area contributed by atoms with E-state index in [9.17, 15) is 9.59 Å². The van der Waals surface area contributed by atoms with Crippen molar-refractivity contribution < 1.29 is 14.3 Å². The first-order chi connectivity index (χ1) is 7.22. The summed E-state index contributed by atoms with van der Waals surface area (Å²) in [6.07, 6.45) is 4.01. The fraction of sp³-hybridized carbons (Fsp3) is 0.833. The Morgan fingerprint density at radius 2 is 2.13 bits per heavy atom. The highest BCUT2D eigenvalue weighted by Gasteiger charge is 2.58. The Bertz CT molecular complexity index is 323. The summed E-state index contributed by atoms with van der Waals surface area (Å²) in [6.45, 7) is 0. The number of hydrogen-bond donors (Lipinski definition) is 0. The number of hydrogen-bond acceptors (Lipinski definition) is 3. The van der Waals surface area contributed by atoms with E-state index in [-0.39, 0.29) is 17.8 Å². The zero-order valence-corrected chi connectivity index (χ0v) is 8.94. The maximum atomic E-state index is 11.8. The van der Waals surface area contributed by atoms with Gasteiger partial charge in [0.25, 0.3) is 0 Å². The molecule has 0 aliphatic heterocycles. The Labute approximate surface area is 89.2 Å². The van der Waals surface area contributed by atoms with E-state index in [2.05, 4.69) is 0 Å². The van der Waals surface area contributed by atoms with Gasteiger partial charge in [-0.2, -0.15) is 0 Å². The number of fused-ring (bicyclic) bond motifs is 1. The third-order valence-electron chi connectivity index (χ3n) is 4.80. The van der Waals surface area contributed by atoms with Gasteiger partial charge < -0.3 is 4.74 Å². The molecule has 4 saturated carbocycles. The van der Waals surface area contributed by atoms with Gasteiger partial charge in [0.2, 0.25) is 0 Å². The van der Waals surface area contributed by atoms with Crippen LogP contribution in [0.15, 0.2) is 0 Å². The molecule has 3 heteroatoms. The molecule has 0 heterocycles. The van der Waals surface area contributed by atoms with Crippen molar-refractivity contribution in [3.8, 4) is 0 Å². The molecule has 3 nitrogen and oxygen atoms in total. The monoisotopic (exact) mass is 208 g/mol. The lowest BCUT2D eigenvalue weighted by Gasteiger charge is -2.45. The maximum absolute atomic E-state index is 11.8. The van der Waals surface area contributed by atoms with Crippen molar-refractivity contribution in [3.05, 3.63) is 0 Å². The lowest BCUT2D eigenvalue weighted by molar-refractivity contribution is -0.161. The Morgan fingerprint density at radius 3 is 2.87 bits per heavy atom. The largest absolute Gasteiger partial charge is 0.469 e. The van der Waals surface area contributed by atoms with Crippen LogP contribution in [-0.2, 0) is 14.3 Å². The summed E-state index contributed by atoms with van der Waals surface area (Å²) >= 11 is 0. The van der Waals surface area contributed by atoms with Gasteiger partial charge in [0.1, 0.15) is 5.78 Å². The highest BCUT2D eigenvalue weighted by molar-refractivity contribution is 5.89. The quantitative estimate of drug-likeness (QED) is 0.612. The minimum Gasteiger partial charge on any atom is -0.469 e. The molecule has 82 valence electrons. The second-order valence-electron chi connectivity index (χ2n) is 5.23. The summed E-state index contributed by atoms with van der Waals surface area (Å²) in [4.78, 5) is 23.5. The molecule has 0 aromatic rings. The van der Waals surface area contributed by atoms with Crippen LogP contribution in [0.25, 0.3) is 0 Å². The summed E-state index contributed by atoms with van der Waals surface area (Å²) in [7, 11) is 1.43. The van der Waals surface area contributed by atoms with Gasteiger partial charge in [-0.15, -0.1) is 0 Å². The number of carbonyl (C=O) groups is 2. The van der Waals surface area contributed by atoms with Crippen LogP contribution in [0.1, 0.15) is 25.7 Å². The average molecular weight is 208 g/mol. The van der Waals surface area contributed by atoms with Gasteiger partial charge in [-0.3, -0.25) is 9.59 Å². The van der Waals surface area contributed by atoms with Crippen molar-refractivity contribution >= 4 is 11.8 Å². The molecule has 0 spiro atoms. The smallest absolute Gasteiger partial charge is 0.309 e. The van der Waals surface area contributed by atoms with Gasteiger partial charge in [-0.1, -0.05) is 0 Å². The van der Waals surface area contributed by atoms with Crippen LogP contribution in [0, 0.1) is 29.6 Å². The van der Waals surface area contributed by atoms with E-state index in [0.29, 0.717) is 17.6 Å². The SMILES string of the molecule is COC(=O)[C@@H]1[C@H]2CC[C@@H]3C[C@@H]1C(=O)C[C@H]32. The van der Waals surface area contributed by atoms with Crippen LogP contribution >= 0.6 is 0 Å². The molecule has 0 radical (unpaired) electrons. The van der Waals surface area contributed by atoms with E-state index >= 15 is 0 Å². The molecule has 5 atom stereocenters. The fourth-order valence-corrected chi connectivity index (χ4v) is 4.20. The van der Waals surface area contributed by atoms with Gasteiger partial charge >= 0.3 is 5.97 Å². The summed E-state index contributed by atoms with van der Waals surface area (Å²) in [5.41, 5.74) is 0. The highest BCUT2D eigenvalue weighted by Crippen LogP contribution is 2.58. The number of ether oxygens (including phenoxy) is 1. The highest BCUT2D eigenvalue weighted by atomic mass is 16.5. The predicted octanol–water partition coefficient (Wildman–Crippen LogP) is 1.41. The zero-order valence-electron chi connectivity index (χ0n) is 8.94. The number of rotatable bonds is 1. The van der Waals surface area contributed by atoms with Gasteiger partial charge in [0.15, 0.2) is 0 Å². The van der Waals surface area contributed by atoms with Crippen LogP contribution in [0.4, 0.5) is 0 Å². The fourth-order valence-electron chi connectivity index (χ4n) is 4.20. The van der Waals surface area contributed by atoms with Crippen molar-refractivity contribution in [2.24, 2.45) is 29.6 Å². The molecule has 4 rings (SSSR count). The van der Waals surface area contributed by atoms with Crippen molar-refractivity contribution in [1.29, 1.82) is 0 Å². The van der Waals surface area contributed by atoms with Gasteiger partial charge in [0, 0.05) is 12.3 Å². The van der Waals surface area contributed by atoms with Crippen LogP contribution < -0.4 is 0 Å². The van der Waals surface area contributed by atoms with E-state index in [0.717, 1.165) is 25.2 Å². The first kappa shape index (κ1) is 9.37. The summed E-state index contributed by atoms with van der Waals surface area (Å²) in [6, 6.07) is 0. The summed E-state index contributed by atoms with van der Waals surface area (Å²) in [5.74, 6) is 1.69. The summed E-state index contributed by atoms with van der Waals surface area (Å²) < 4.78 is 4.85. The molecule has 15 heavy (non-hydrogen) atoms. The number of esters is 1. The van der Waals surface area contributed by atoms with Crippen molar-refractivity contribution in [2.45, 2.75) is 25.7 Å². The topological polar surface area (TPSA) is 43.4 Å². The van der Waals surface area contributed by atoms with E-state index in [1.165, 1.54) is 13.5 Å². The second-order valence-corrected chi connectivity index (χ2v) is 5.23. The summed E-state index contributed by atoms with van der Waals surface area (Å²) in [5, 5.41) is 0. The van der Waals surface area contributed by atoms with E-state index in [4.69, 9.17) is 4.74 Å². The van der Waals surface area contributed by atoms with E-state index in [1.54, 1.807) is 0 Å². The third kappa shape index (κ3) is 1.12. The minimum absolute atomic E-state index is 0.0139. The molecule has 0 aromatic carbocycles. The minimum atomic E-state index is -0.150. The number of ketones is 1. The van der Waals surface area contributed by atoms with Crippen molar-refractivity contribution in [3.63, 3.8) is 0 Å². The standard InChI is InChI=1S/C12H16O3/c1-15-12(14)11-7-3-2-6-4-9(11)10(13)5-8(6)7/h6-9,11H,2-5H2,1H3/t6-,7+,8-,9-,11-/m1/s1. The molecule has 4 aliphatic rings. The molecule has 4 bridgehead atoms. The second kappa shape index (κ2) is 3.06. The first-order valence-electron chi connectivity index (χ1n) is 5.83. The van der Waals surface area contributed by atoms with Crippen LogP contribution in [0.3, 0.4) is 0 Å². The van der Waals surface area contributed by atoms with Crippen LogP contribution in [0.2, 0.25) is 0 Å². The van der Waals surface area contributed by atoms with Gasteiger partial charge in [-0.25, -0.2) is 0 Å². The zero-order chi connectivity index (χ0) is 10.6. The molecule has 4 aliphatic carbocycles. The molecule has 0 N–H and O–H groups in total. The molecular formula is C12H16O3. The Morgan fingerprint density at radius 1 is 1.33 bits per heavy atom. The van der Waals surface area contributed by atoms with Crippen molar-refractivity contribution in [2.75, 3.05) is 7.11 Å². The molecule has 4 fully saturated rings. The van der Waals surface area contributed by atoms with Gasteiger partial charge in [0.05, 0.1) is 13.0 Å². The maximum Gasteiger partial charge on any atom is 0.309 e. The van der Waals surface area contributed by atoms with E-state index < -0.39 is 0 Å². The molecule has 0 unspecified atom stereocenters. The molecule has 0 amide bonds. The lowest BCUT2D eigenvalue weighted by atomic mass is 9.58. The number of carbonyl (C=O) groups excluding carboxylic acids is 2. The Balaban J connectivity index is 1.95.